The number of hydrogen-bond donors (Lipinski definition) is 1. The van der Waals surface area contributed by atoms with Crippen molar-refractivity contribution in [2.45, 2.75) is 19.8 Å². The molecule has 0 saturated carbocycles. The van der Waals surface area contributed by atoms with Crippen LogP contribution in [0.1, 0.15) is 30.1 Å². The van der Waals surface area contributed by atoms with Crippen LogP contribution in [0, 0.1) is 0 Å². The average molecular weight is 269 g/mol. The van der Waals surface area contributed by atoms with Gasteiger partial charge in [-0.15, -0.1) is 5.11 Å². The van der Waals surface area contributed by atoms with Gasteiger partial charge in [-0.25, -0.2) is 0 Å². The molecule has 2 N–H and O–H groups in total. The minimum absolute atomic E-state index is 0.273. The Bertz CT molecular complexity index is 448. The van der Waals surface area contributed by atoms with Crippen LogP contribution in [0.5, 0.6) is 0 Å². The molecule has 1 aromatic carbocycles. The minimum Gasteiger partial charge on any atom is -0.366 e. The SMILES string of the molecule is CCCCN(C)N=Nc1ccc(Cl)cc1C(N)=O. The number of unbranched alkanes of at least 4 members (excludes halogenated alkanes) is 1. The van der Waals surface area contributed by atoms with E-state index in [0.29, 0.717) is 10.7 Å². The van der Waals surface area contributed by atoms with Gasteiger partial charge in [-0.1, -0.05) is 30.2 Å². The lowest BCUT2D eigenvalue weighted by Crippen LogP contribution is -2.12. The third-order valence-corrected chi connectivity index (χ3v) is 2.60. The molecule has 0 fully saturated rings. The summed E-state index contributed by atoms with van der Waals surface area (Å²) in [4.78, 5) is 11.2. The summed E-state index contributed by atoms with van der Waals surface area (Å²) in [5.41, 5.74) is 5.96. The molecule has 98 valence electrons. The van der Waals surface area contributed by atoms with Crippen molar-refractivity contribution in [1.82, 2.24) is 5.01 Å². The lowest BCUT2D eigenvalue weighted by Gasteiger charge is -2.10. The lowest BCUT2D eigenvalue weighted by atomic mass is 10.2. The molecule has 0 atom stereocenters. The third-order valence-electron chi connectivity index (χ3n) is 2.36. The van der Waals surface area contributed by atoms with Crippen LogP contribution < -0.4 is 5.73 Å². The Morgan fingerprint density at radius 2 is 2.22 bits per heavy atom. The van der Waals surface area contributed by atoms with Crippen molar-refractivity contribution in [2.24, 2.45) is 16.1 Å². The van der Waals surface area contributed by atoms with Gasteiger partial charge in [0.15, 0.2) is 0 Å². The molecule has 0 saturated heterocycles. The van der Waals surface area contributed by atoms with Crippen molar-refractivity contribution in [2.75, 3.05) is 13.6 Å². The molecule has 0 unspecified atom stereocenters. The van der Waals surface area contributed by atoms with Crippen molar-refractivity contribution in [3.63, 3.8) is 0 Å². The van der Waals surface area contributed by atoms with Gasteiger partial charge in [0.2, 0.25) is 0 Å². The molecule has 0 aliphatic heterocycles. The van der Waals surface area contributed by atoms with E-state index in [1.807, 2.05) is 7.05 Å². The molecule has 0 aliphatic rings. The molecule has 1 aromatic rings. The van der Waals surface area contributed by atoms with Gasteiger partial charge in [0.25, 0.3) is 5.91 Å². The van der Waals surface area contributed by atoms with E-state index in [4.69, 9.17) is 17.3 Å². The van der Waals surface area contributed by atoms with Crippen molar-refractivity contribution in [1.29, 1.82) is 0 Å². The first-order valence-electron chi connectivity index (χ1n) is 5.76. The van der Waals surface area contributed by atoms with E-state index in [1.165, 1.54) is 6.07 Å². The van der Waals surface area contributed by atoms with E-state index in [-0.39, 0.29) is 5.56 Å². The van der Waals surface area contributed by atoms with Crippen LogP contribution in [0.3, 0.4) is 0 Å². The Hall–Kier alpha value is -1.62. The zero-order valence-electron chi connectivity index (χ0n) is 10.6. The minimum atomic E-state index is -0.567. The zero-order chi connectivity index (χ0) is 13.5. The maximum Gasteiger partial charge on any atom is 0.251 e. The Kier molecular flexibility index (Phi) is 5.58. The number of carbonyl (C=O) groups excluding carboxylic acids is 1. The molecule has 0 bridgehead atoms. The van der Waals surface area contributed by atoms with Gasteiger partial charge < -0.3 is 5.73 Å². The quantitative estimate of drug-likeness (QED) is 0.636. The number of hydrogen-bond acceptors (Lipinski definition) is 3. The summed E-state index contributed by atoms with van der Waals surface area (Å²) in [6.45, 7) is 2.93. The predicted molar refractivity (Wildman–Crippen MR) is 72.0 cm³/mol. The number of nitrogens with zero attached hydrogens (tertiary/aromatic N) is 3. The van der Waals surface area contributed by atoms with Crippen molar-refractivity contribution in [3.05, 3.63) is 28.8 Å². The number of rotatable bonds is 6. The number of amides is 1. The first-order valence-corrected chi connectivity index (χ1v) is 6.14. The summed E-state index contributed by atoms with van der Waals surface area (Å²) in [5.74, 6) is -0.567. The van der Waals surface area contributed by atoms with Crippen molar-refractivity contribution in [3.8, 4) is 0 Å². The topological polar surface area (TPSA) is 71.1 Å². The second-order valence-corrected chi connectivity index (χ2v) is 4.39. The lowest BCUT2D eigenvalue weighted by molar-refractivity contribution is 0.100. The highest BCUT2D eigenvalue weighted by molar-refractivity contribution is 6.31. The number of benzene rings is 1. The monoisotopic (exact) mass is 268 g/mol. The Labute approximate surface area is 112 Å². The predicted octanol–water partition coefficient (Wildman–Crippen LogP) is 3.17. The van der Waals surface area contributed by atoms with E-state index >= 15 is 0 Å². The normalized spacial score (nSPS) is 10.8. The summed E-state index contributed by atoms with van der Waals surface area (Å²) in [6.07, 6.45) is 2.13. The molecule has 0 radical (unpaired) electrons. The molecular weight excluding hydrogens is 252 g/mol. The van der Waals surface area contributed by atoms with Gasteiger partial charge >= 0.3 is 0 Å². The summed E-state index contributed by atoms with van der Waals surface area (Å²) in [5, 5.41) is 10.2. The molecule has 6 heteroatoms. The van der Waals surface area contributed by atoms with Gasteiger partial charge in [0.1, 0.15) is 5.69 Å². The van der Waals surface area contributed by atoms with Crippen LogP contribution in [0.2, 0.25) is 5.02 Å². The van der Waals surface area contributed by atoms with Crippen LogP contribution in [0.25, 0.3) is 0 Å². The number of halogens is 1. The van der Waals surface area contributed by atoms with Crippen LogP contribution in [0.4, 0.5) is 5.69 Å². The average Bonchev–Trinajstić information content (AvgIpc) is 2.34. The van der Waals surface area contributed by atoms with E-state index < -0.39 is 5.91 Å². The number of carbonyl (C=O) groups is 1. The van der Waals surface area contributed by atoms with E-state index in [1.54, 1.807) is 17.1 Å². The maximum atomic E-state index is 11.2. The van der Waals surface area contributed by atoms with E-state index in [2.05, 4.69) is 17.3 Å². The maximum absolute atomic E-state index is 11.2. The van der Waals surface area contributed by atoms with Gasteiger partial charge in [0.05, 0.1) is 5.56 Å². The van der Waals surface area contributed by atoms with Crippen LogP contribution >= 0.6 is 11.6 Å². The second-order valence-electron chi connectivity index (χ2n) is 3.95. The largest absolute Gasteiger partial charge is 0.366 e. The first kappa shape index (κ1) is 14.4. The smallest absolute Gasteiger partial charge is 0.251 e. The molecule has 0 heterocycles. The fraction of sp³-hybridized carbons (Fsp3) is 0.417. The van der Waals surface area contributed by atoms with Gasteiger partial charge in [-0.3, -0.25) is 9.80 Å². The standard InChI is InChI=1S/C12H17ClN4O/c1-3-4-7-17(2)16-15-11-6-5-9(13)8-10(11)12(14)18/h5-6,8H,3-4,7H2,1-2H3,(H2,14,18). The summed E-state index contributed by atoms with van der Waals surface area (Å²) in [6, 6.07) is 4.76. The third kappa shape index (κ3) is 4.33. The summed E-state index contributed by atoms with van der Waals surface area (Å²) < 4.78 is 0. The number of primary amides is 1. The zero-order valence-corrected chi connectivity index (χ0v) is 11.3. The van der Waals surface area contributed by atoms with E-state index in [0.717, 1.165) is 19.4 Å². The molecule has 1 amide bonds. The van der Waals surface area contributed by atoms with Crippen LogP contribution in [-0.4, -0.2) is 24.5 Å². The van der Waals surface area contributed by atoms with Gasteiger partial charge in [-0.2, -0.15) is 0 Å². The van der Waals surface area contributed by atoms with E-state index in [9.17, 15) is 4.79 Å². The fourth-order valence-corrected chi connectivity index (χ4v) is 1.52. The highest BCUT2D eigenvalue weighted by Gasteiger charge is 2.08. The van der Waals surface area contributed by atoms with Crippen molar-refractivity contribution < 1.29 is 4.79 Å². The van der Waals surface area contributed by atoms with Crippen LogP contribution in [0.15, 0.2) is 28.5 Å². The highest BCUT2D eigenvalue weighted by Crippen LogP contribution is 2.23. The van der Waals surface area contributed by atoms with Crippen LogP contribution in [-0.2, 0) is 0 Å². The fourth-order valence-electron chi connectivity index (χ4n) is 1.35. The molecule has 0 aliphatic carbocycles. The highest BCUT2D eigenvalue weighted by atomic mass is 35.5. The summed E-state index contributed by atoms with van der Waals surface area (Å²) in [7, 11) is 1.83. The molecule has 18 heavy (non-hydrogen) atoms. The molecule has 5 nitrogen and oxygen atoms in total. The molecular formula is C12H17ClN4O. The molecule has 1 rings (SSSR count). The molecule has 0 spiro atoms. The molecule has 0 aromatic heterocycles. The van der Waals surface area contributed by atoms with Crippen molar-refractivity contribution >= 4 is 23.2 Å². The summed E-state index contributed by atoms with van der Waals surface area (Å²) >= 11 is 5.80. The Balaban J connectivity index is 2.83. The van der Waals surface area contributed by atoms with Gasteiger partial charge in [-0.05, 0) is 24.6 Å². The second kappa shape index (κ2) is 6.96. The first-order chi connectivity index (χ1) is 8.54. The van der Waals surface area contributed by atoms with Gasteiger partial charge in [0, 0.05) is 18.6 Å². The number of nitrogens with two attached hydrogens (primary N) is 1. The Morgan fingerprint density at radius 1 is 1.50 bits per heavy atom. The Morgan fingerprint density at radius 3 is 2.83 bits per heavy atom.